The summed E-state index contributed by atoms with van der Waals surface area (Å²) in [7, 11) is 0. The largest absolute Gasteiger partial charge is 0.387 e. The van der Waals surface area contributed by atoms with Crippen LogP contribution in [0.15, 0.2) is 5.16 Å². The van der Waals surface area contributed by atoms with Crippen molar-refractivity contribution < 1.29 is 9.13 Å². The second kappa shape index (κ2) is 6.59. The van der Waals surface area contributed by atoms with Crippen LogP contribution in [-0.4, -0.2) is 34.3 Å². The minimum absolute atomic E-state index is 0.189. The molecule has 0 bridgehead atoms. The Bertz CT molecular complexity index is 784. The van der Waals surface area contributed by atoms with E-state index in [1.165, 1.54) is 18.2 Å². The highest BCUT2D eigenvalue weighted by Crippen LogP contribution is 2.35. The van der Waals surface area contributed by atoms with Crippen molar-refractivity contribution in [3.63, 3.8) is 0 Å². The molecule has 0 aromatic carbocycles. The van der Waals surface area contributed by atoms with Gasteiger partial charge in [-0.2, -0.15) is 0 Å². The van der Waals surface area contributed by atoms with Gasteiger partial charge in [-0.15, -0.1) is 0 Å². The van der Waals surface area contributed by atoms with E-state index in [1.807, 2.05) is 6.26 Å². The second-order valence-corrected chi connectivity index (χ2v) is 6.11. The highest BCUT2D eigenvalue weighted by molar-refractivity contribution is 7.98. The van der Waals surface area contributed by atoms with Crippen LogP contribution in [0.5, 0.6) is 5.88 Å². The fourth-order valence-corrected chi connectivity index (χ4v) is 3.13. The Hall–Kier alpha value is -2.07. The summed E-state index contributed by atoms with van der Waals surface area (Å²) in [6.07, 6.45) is 12.6. The molecule has 0 radical (unpaired) electrons. The summed E-state index contributed by atoms with van der Waals surface area (Å²) < 4.78 is 19.8. The number of terminal acetylenes is 1. The minimum atomic E-state index is -0.458. The number of aryl methyl sites for hydroxylation is 1. The van der Waals surface area contributed by atoms with Gasteiger partial charge in [0, 0.05) is 13.1 Å². The van der Waals surface area contributed by atoms with Gasteiger partial charge in [-0.05, 0) is 32.4 Å². The Kier molecular flexibility index (Phi) is 4.53. The van der Waals surface area contributed by atoms with E-state index in [-0.39, 0.29) is 17.1 Å². The number of nitrogens with zero attached hydrogens (tertiary/aromatic N) is 4. The van der Waals surface area contributed by atoms with Crippen LogP contribution in [0.2, 0.25) is 0 Å². The lowest BCUT2D eigenvalue weighted by atomic mass is 10.1. The molecule has 0 unspecified atom stereocenters. The lowest BCUT2D eigenvalue weighted by molar-refractivity contribution is 0.497. The van der Waals surface area contributed by atoms with E-state index in [2.05, 4.69) is 26.0 Å². The number of hydrogen-bond donors (Lipinski definition) is 0. The number of pyridine rings is 1. The highest BCUT2D eigenvalue weighted by atomic mass is 32.2. The zero-order chi connectivity index (χ0) is 16.4. The van der Waals surface area contributed by atoms with Gasteiger partial charge in [0.05, 0.1) is 5.69 Å². The zero-order valence-corrected chi connectivity index (χ0v) is 13.9. The molecular weight excluding hydrogens is 315 g/mol. The molecule has 23 heavy (non-hydrogen) atoms. The Morgan fingerprint density at radius 3 is 2.61 bits per heavy atom. The monoisotopic (exact) mass is 332 g/mol. The summed E-state index contributed by atoms with van der Waals surface area (Å²) in [4.78, 5) is 15.2. The third-order valence-corrected chi connectivity index (χ3v) is 4.42. The summed E-state index contributed by atoms with van der Waals surface area (Å²) in [6, 6.07) is 0. The van der Waals surface area contributed by atoms with Gasteiger partial charge in [0.25, 0.3) is 0 Å². The number of halogens is 1. The molecule has 120 valence electrons. The number of aromatic nitrogens is 3. The fraction of sp³-hybridized carbons (Fsp3) is 0.438. The van der Waals surface area contributed by atoms with E-state index in [0.717, 1.165) is 25.9 Å². The molecule has 0 atom stereocenters. The molecule has 1 fully saturated rings. The number of rotatable bonds is 3. The standard InChI is InChI=1S/C16H17FN4OS/c1-4-22-15-11-13(12(17)10(2)18-15)19-16(23-3)20-14(11)21-8-6-5-7-9-21/h1H,5-9H2,2-3H3. The first-order valence-corrected chi connectivity index (χ1v) is 8.67. The average molecular weight is 332 g/mol. The molecule has 3 heterocycles. The summed E-state index contributed by atoms with van der Waals surface area (Å²) in [5.74, 6) is 0.380. The number of hydrogen-bond acceptors (Lipinski definition) is 6. The minimum Gasteiger partial charge on any atom is -0.387 e. The highest BCUT2D eigenvalue weighted by Gasteiger charge is 2.24. The van der Waals surface area contributed by atoms with Crippen LogP contribution in [0, 0.1) is 25.3 Å². The predicted octanol–water partition coefficient (Wildman–Crippen LogP) is 3.15. The summed E-state index contributed by atoms with van der Waals surface area (Å²) in [5.41, 5.74) is 0.417. The number of ether oxygens (including phenoxy) is 1. The van der Waals surface area contributed by atoms with Crippen LogP contribution < -0.4 is 9.64 Å². The third-order valence-electron chi connectivity index (χ3n) is 3.87. The van der Waals surface area contributed by atoms with E-state index < -0.39 is 5.82 Å². The maximum absolute atomic E-state index is 14.6. The van der Waals surface area contributed by atoms with Gasteiger partial charge >= 0.3 is 0 Å². The molecule has 2 aromatic rings. The van der Waals surface area contributed by atoms with Gasteiger partial charge in [0.2, 0.25) is 5.88 Å². The number of anilines is 1. The van der Waals surface area contributed by atoms with Crippen molar-refractivity contribution in [2.45, 2.75) is 31.3 Å². The first-order chi connectivity index (χ1) is 11.2. The maximum atomic E-state index is 14.6. The molecule has 0 saturated carbocycles. The first kappa shape index (κ1) is 15.8. The molecule has 0 spiro atoms. The molecule has 0 aliphatic carbocycles. The summed E-state index contributed by atoms with van der Waals surface area (Å²) in [5, 5.41) is 0.972. The molecule has 7 heteroatoms. The molecule has 2 aromatic heterocycles. The fourth-order valence-electron chi connectivity index (χ4n) is 2.77. The number of piperidine rings is 1. The Morgan fingerprint density at radius 1 is 1.22 bits per heavy atom. The summed E-state index contributed by atoms with van der Waals surface area (Å²) >= 11 is 1.38. The molecule has 0 amide bonds. The Labute approximate surface area is 138 Å². The number of fused-ring (bicyclic) bond motifs is 1. The normalized spacial score (nSPS) is 14.8. The Balaban J connectivity index is 2.31. The second-order valence-electron chi connectivity index (χ2n) is 5.34. The van der Waals surface area contributed by atoms with Crippen molar-refractivity contribution in [2.75, 3.05) is 24.2 Å². The quantitative estimate of drug-likeness (QED) is 0.489. The smallest absolute Gasteiger partial charge is 0.244 e. The zero-order valence-electron chi connectivity index (χ0n) is 13.1. The lowest BCUT2D eigenvalue weighted by Crippen LogP contribution is -2.30. The van der Waals surface area contributed by atoms with Crippen LogP contribution >= 0.6 is 11.8 Å². The van der Waals surface area contributed by atoms with Crippen molar-refractivity contribution >= 4 is 28.5 Å². The molecule has 5 nitrogen and oxygen atoms in total. The van der Waals surface area contributed by atoms with Crippen molar-refractivity contribution in [2.24, 2.45) is 0 Å². The molecule has 0 N–H and O–H groups in total. The molecule has 3 rings (SSSR count). The van der Waals surface area contributed by atoms with Crippen LogP contribution in [0.1, 0.15) is 25.0 Å². The summed E-state index contributed by atoms with van der Waals surface area (Å²) in [6.45, 7) is 3.30. The van der Waals surface area contributed by atoms with Crippen molar-refractivity contribution in [3.8, 4) is 18.4 Å². The Morgan fingerprint density at radius 2 is 1.96 bits per heavy atom. The van der Waals surface area contributed by atoms with Gasteiger partial charge in [-0.3, -0.25) is 0 Å². The first-order valence-electron chi connectivity index (χ1n) is 7.45. The molecule has 1 saturated heterocycles. The van der Waals surface area contributed by atoms with E-state index in [1.54, 1.807) is 6.92 Å². The van der Waals surface area contributed by atoms with Gasteiger partial charge in [0.1, 0.15) is 22.8 Å². The van der Waals surface area contributed by atoms with Crippen LogP contribution in [-0.2, 0) is 0 Å². The third kappa shape index (κ3) is 2.91. The van der Waals surface area contributed by atoms with Crippen LogP contribution in [0.3, 0.4) is 0 Å². The van der Waals surface area contributed by atoms with E-state index in [0.29, 0.717) is 16.4 Å². The SMILES string of the molecule is C#COc1nc(C)c(F)c2nc(SC)nc(N3CCCCC3)c12. The van der Waals surface area contributed by atoms with Crippen molar-refractivity contribution in [1.29, 1.82) is 0 Å². The predicted molar refractivity (Wildman–Crippen MR) is 89.3 cm³/mol. The van der Waals surface area contributed by atoms with Crippen molar-refractivity contribution in [3.05, 3.63) is 11.5 Å². The van der Waals surface area contributed by atoms with Gasteiger partial charge < -0.3 is 9.64 Å². The van der Waals surface area contributed by atoms with Crippen LogP contribution in [0.4, 0.5) is 10.2 Å². The van der Waals surface area contributed by atoms with Gasteiger partial charge in [0.15, 0.2) is 11.0 Å². The van der Waals surface area contributed by atoms with E-state index in [9.17, 15) is 4.39 Å². The van der Waals surface area contributed by atoms with E-state index >= 15 is 0 Å². The average Bonchev–Trinajstić information content (AvgIpc) is 2.59. The molecule has 1 aliphatic rings. The van der Waals surface area contributed by atoms with E-state index in [4.69, 9.17) is 11.2 Å². The van der Waals surface area contributed by atoms with Gasteiger partial charge in [-0.1, -0.05) is 18.2 Å². The molecular formula is C16H17FN4OS. The lowest BCUT2D eigenvalue weighted by Gasteiger charge is -2.29. The van der Waals surface area contributed by atoms with Crippen molar-refractivity contribution in [1.82, 2.24) is 15.0 Å². The maximum Gasteiger partial charge on any atom is 0.244 e. The van der Waals surface area contributed by atoms with Crippen LogP contribution in [0.25, 0.3) is 10.9 Å². The van der Waals surface area contributed by atoms with Gasteiger partial charge in [-0.25, -0.2) is 19.3 Å². The molecule has 1 aliphatic heterocycles. The topological polar surface area (TPSA) is 51.1 Å². The number of thioether (sulfide) groups is 1.